The van der Waals surface area contributed by atoms with Gasteiger partial charge >= 0.3 is 6.09 Å². The molecule has 2 aromatic rings. The van der Waals surface area contributed by atoms with Crippen molar-refractivity contribution >= 4 is 27.5 Å². The Labute approximate surface area is 165 Å². The molecule has 2 amide bonds. The van der Waals surface area contributed by atoms with Crippen LogP contribution in [-0.2, 0) is 26.0 Å². The molecule has 28 heavy (non-hydrogen) atoms. The van der Waals surface area contributed by atoms with E-state index < -0.39 is 27.9 Å². The van der Waals surface area contributed by atoms with Crippen molar-refractivity contribution in [1.82, 2.24) is 5.32 Å². The van der Waals surface area contributed by atoms with Crippen LogP contribution in [-0.4, -0.2) is 32.7 Å². The Hall–Kier alpha value is -2.87. The molecule has 0 unspecified atom stereocenters. The highest BCUT2D eigenvalue weighted by molar-refractivity contribution is 7.90. The SMILES string of the molecule is CC(C)[C@H](NC(=O)OCc1ccccc1)C(=O)Nc1cccc(S(C)(=O)=O)c1. The van der Waals surface area contributed by atoms with Crippen LogP contribution in [0.2, 0.25) is 0 Å². The molecule has 1 atom stereocenters. The summed E-state index contributed by atoms with van der Waals surface area (Å²) >= 11 is 0. The minimum absolute atomic E-state index is 0.0928. The van der Waals surface area contributed by atoms with Crippen LogP contribution in [0.15, 0.2) is 59.5 Å². The summed E-state index contributed by atoms with van der Waals surface area (Å²) in [5.74, 6) is -0.667. The fourth-order valence-electron chi connectivity index (χ4n) is 2.45. The zero-order valence-electron chi connectivity index (χ0n) is 16.0. The van der Waals surface area contributed by atoms with Gasteiger partial charge in [0.25, 0.3) is 0 Å². The van der Waals surface area contributed by atoms with Gasteiger partial charge < -0.3 is 15.4 Å². The number of carbonyl (C=O) groups excluding carboxylic acids is 2. The monoisotopic (exact) mass is 404 g/mol. The third kappa shape index (κ3) is 6.38. The zero-order chi connectivity index (χ0) is 20.7. The molecular formula is C20H24N2O5S. The Morgan fingerprint density at radius 3 is 2.32 bits per heavy atom. The lowest BCUT2D eigenvalue weighted by Gasteiger charge is -2.21. The number of carbonyl (C=O) groups is 2. The van der Waals surface area contributed by atoms with E-state index in [1.165, 1.54) is 18.2 Å². The molecule has 150 valence electrons. The summed E-state index contributed by atoms with van der Waals surface area (Å²) in [6.07, 6.45) is 0.386. The number of ether oxygens (including phenoxy) is 1. The van der Waals surface area contributed by atoms with Crippen molar-refractivity contribution in [3.8, 4) is 0 Å². The van der Waals surface area contributed by atoms with Crippen LogP contribution in [0.5, 0.6) is 0 Å². The number of anilines is 1. The van der Waals surface area contributed by atoms with Crippen LogP contribution in [0.25, 0.3) is 0 Å². The van der Waals surface area contributed by atoms with E-state index in [2.05, 4.69) is 10.6 Å². The van der Waals surface area contributed by atoms with E-state index in [-0.39, 0.29) is 17.4 Å². The quantitative estimate of drug-likeness (QED) is 0.739. The Bertz CT molecular complexity index is 927. The van der Waals surface area contributed by atoms with Crippen molar-refractivity contribution in [3.63, 3.8) is 0 Å². The highest BCUT2D eigenvalue weighted by Gasteiger charge is 2.25. The highest BCUT2D eigenvalue weighted by Crippen LogP contribution is 2.16. The average molecular weight is 404 g/mol. The number of hydrogen-bond acceptors (Lipinski definition) is 5. The van der Waals surface area contributed by atoms with Gasteiger partial charge in [-0.15, -0.1) is 0 Å². The lowest BCUT2D eigenvalue weighted by Crippen LogP contribution is -2.47. The second-order valence-electron chi connectivity index (χ2n) is 6.72. The van der Waals surface area contributed by atoms with E-state index in [4.69, 9.17) is 4.74 Å². The number of benzene rings is 2. The van der Waals surface area contributed by atoms with Crippen LogP contribution in [0.4, 0.5) is 10.5 Å². The second-order valence-corrected chi connectivity index (χ2v) is 8.73. The lowest BCUT2D eigenvalue weighted by atomic mass is 10.0. The van der Waals surface area contributed by atoms with Gasteiger partial charge in [0.1, 0.15) is 12.6 Å². The molecule has 2 aromatic carbocycles. The molecule has 0 saturated heterocycles. The molecule has 0 saturated carbocycles. The second kappa shape index (κ2) is 9.36. The van der Waals surface area contributed by atoms with Gasteiger partial charge in [0.15, 0.2) is 9.84 Å². The average Bonchev–Trinajstić information content (AvgIpc) is 2.64. The summed E-state index contributed by atoms with van der Waals surface area (Å²) in [5.41, 5.74) is 1.17. The molecule has 2 rings (SSSR count). The maximum Gasteiger partial charge on any atom is 0.408 e. The molecule has 0 fully saturated rings. The molecule has 0 radical (unpaired) electrons. The van der Waals surface area contributed by atoms with E-state index in [0.717, 1.165) is 11.8 Å². The van der Waals surface area contributed by atoms with E-state index in [1.54, 1.807) is 19.9 Å². The van der Waals surface area contributed by atoms with Crippen molar-refractivity contribution < 1.29 is 22.7 Å². The summed E-state index contributed by atoms with van der Waals surface area (Å²) in [4.78, 5) is 24.8. The summed E-state index contributed by atoms with van der Waals surface area (Å²) in [6, 6.07) is 14.3. The summed E-state index contributed by atoms with van der Waals surface area (Å²) < 4.78 is 28.5. The summed E-state index contributed by atoms with van der Waals surface area (Å²) in [6.45, 7) is 3.67. The van der Waals surface area contributed by atoms with Crippen LogP contribution in [0.1, 0.15) is 19.4 Å². The molecule has 0 aliphatic heterocycles. The van der Waals surface area contributed by atoms with Gasteiger partial charge in [-0.2, -0.15) is 0 Å². The third-order valence-corrected chi connectivity index (χ3v) is 5.08. The van der Waals surface area contributed by atoms with Crippen molar-refractivity contribution in [2.24, 2.45) is 5.92 Å². The number of rotatable bonds is 7. The largest absolute Gasteiger partial charge is 0.445 e. The van der Waals surface area contributed by atoms with E-state index in [1.807, 2.05) is 30.3 Å². The molecule has 8 heteroatoms. The Morgan fingerprint density at radius 1 is 1.04 bits per heavy atom. The van der Waals surface area contributed by atoms with Crippen molar-refractivity contribution in [2.75, 3.05) is 11.6 Å². The predicted molar refractivity (Wildman–Crippen MR) is 107 cm³/mol. The summed E-state index contributed by atoms with van der Waals surface area (Å²) in [5, 5.41) is 5.20. The Morgan fingerprint density at radius 2 is 1.71 bits per heavy atom. The fourth-order valence-corrected chi connectivity index (χ4v) is 3.12. The predicted octanol–water partition coefficient (Wildman–Crippen LogP) is 2.98. The minimum Gasteiger partial charge on any atom is -0.445 e. The number of hydrogen-bond donors (Lipinski definition) is 2. The van der Waals surface area contributed by atoms with Gasteiger partial charge in [-0.05, 0) is 29.7 Å². The topological polar surface area (TPSA) is 102 Å². The molecule has 7 nitrogen and oxygen atoms in total. The number of alkyl carbamates (subject to hydrolysis) is 1. The maximum absolute atomic E-state index is 12.6. The first kappa shape index (κ1) is 21.4. The minimum atomic E-state index is -3.39. The van der Waals surface area contributed by atoms with Crippen molar-refractivity contribution in [1.29, 1.82) is 0 Å². The van der Waals surface area contributed by atoms with Crippen LogP contribution in [0, 0.1) is 5.92 Å². The first-order valence-corrected chi connectivity index (χ1v) is 10.6. The Balaban J connectivity index is 2.01. The molecular weight excluding hydrogens is 380 g/mol. The fraction of sp³-hybridized carbons (Fsp3) is 0.300. The van der Waals surface area contributed by atoms with Crippen molar-refractivity contribution in [2.45, 2.75) is 31.4 Å². The molecule has 0 spiro atoms. The maximum atomic E-state index is 12.6. The third-order valence-electron chi connectivity index (χ3n) is 3.96. The van der Waals surface area contributed by atoms with Crippen molar-refractivity contribution in [3.05, 3.63) is 60.2 Å². The summed E-state index contributed by atoms with van der Waals surface area (Å²) in [7, 11) is -3.39. The number of sulfone groups is 1. The smallest absolute Gasteiger partial charge is 0.408 e. The molecule has 2 N–H and O–H groups in total. The first-order chi connectivity index (χ1) is 13.2. The van der Waals surface area contributed by atoms with Crippen LogP contribution < -0.4 is 10.6 Å². The standard InChI is InChI=1S/C20H24N2O5S/c1-14(2)18(22-20(24)27-13-15-8-5-4-6-9-15)19(23)21-16-10-7-11-17(12-16)28(3,25)26/h4-12,14,18H,13H2,1-3H3,(H,21,23)(H,22,24)/t18-/m0/s1. The Kier molecular flexibility index (Phi) is 7.17. The molecule has 0 aromatic heterocycles. The van der Waals surface area contributed by atoms with E-state index in [9.17, 15) is 18.0 Å². The van der Waals surface area contributed by atoms with Gasteiger partial charge in [-0.1, -0.05) is 50.2 Å². The number of nitrogens with one attached hydrogen (secondary N) is 2. The normalized spacial score (nSPS) is 12.3. The highest BCUT2D eigenvalue weighted by atomic mass is 32.2. The lowest BCUT2D eigenvalue weighted by molar-refractivity contribution is -0.119. The molecule has 0 aliphatic carbocycles. The molecule has 0 heterocycles. The van der Waals surface area contributed by atoms with Gasteiger partial charge in [0.05, 0.1) is 4.90 Å². The molecule has 0 bridgehead atoms. The van der Waals surface area contributed by atoms with E-state index >= 15 is 0 Å². The zero-order valence-corrected chi connectivity index (χ0v) is 16.8. The van der Waals surface area contributed by atoms with E-state index in [0.29, 0.717) is 5.69 Å². The number of amides is 2. The van der Waals surface area contributed by atoms with Gasteiger partial charge in [-0.25, -0.2) is 13.2 Å². The van der Waals surface area contributed by atoms with Crippen LogP contribution >= 0.6 is 0 Å². The molecule has 0 aliphatic rings. The van der Waals surface area contributed by atoms with Crippen LogP contribution in [0.3, 0.4) is 0 Å². The van der Waals surface area contributed by atoms with Gasteiger partial charge in [-0.3, -0.25) is 4.79 Å². The first-order valence-electron chi connectivity index (χ1n) is 8.75. The van der Waals surface area contributed by atoms with Gasteiger partial charge in [0, 0.05) is 11.9 Å². The van der Waals surface area contributed by atoms with Gasteiger partial charge in [0.2, 0.25) is 5.91 Å².